The van der Waals surface area contributed by atoms with Crippen molar-refractivity contribution in [2.75, 3.05) is 30.3 Å². The van der Waals surface area contributed by atoms with Crippen LogP contribution >= 0.6 is 11.8 Å². The van der Waals surface area contributed by atoms with Gasteiger partial charge in [-0.05, 0) is 30.4 Å². The van der Waals surface area contributed by atoms with E-state index in [1.807, 2.05) is 4.90 Å². The number of hydrogen-bond donors (Lipinski definition) is 1. The Morgan fingerprint density at radius 2 is 2.21 bits per heavy atom. The number of carbonyl (C=O) groups is 1. The molecule has 0 spiro atoms. The summed E-state index contributed by atoms with van der Waals surface area (Å²) in [5.74, 6) is 0.960. The van der Waals surface area contributed by atoms with Crippen LogP contribution in [0, 0.1) is 0 Å². The molecule has 28 heavy (non-hydrogen) atoms. The highest BCUT2D eigenvalue weighted by Gasteiger charge is 2.29. The van der Waals surface area contributed by atoms with Gasteiger partial charge in [0.25, 0.3) is 0 Å². The molecule has 1 atom stereocenters. The third-order valence-electron chi connectivity index (χ3n) is 5.72. The van der Waals surface area contributed by atoms with Crippen LogP contribution in [-0.4, -0.2) is 59.8 Å². The van der Waals surface area contributed by atoms with Crippen molar-refractivity contribution < 1.29 is 13.2 Å². The summed E-state index contributed by atoms with van der Waals surface area (Å²) < 4.78 is 23.1. The first-order valence-corrected chi connectivity index (χ1v) is 12.7. The van der Waals surface area contributed by atoms with Gasteiger partial charge in [-0.1, -0.05) is 31.2 Å². The van der Waals surface area contributed by atoms with Crippen LogP contribution in [0.3, 0.4) is 0 Å². The van der Waals surface area contributed by atoms with Gasteiger partial charge in [-0.15, -0.1) is 11.8 Å². The zero-order valence-corrected chi connectivity index (χ0v) is 17.7. The predicted molar refractivity (Wildman–Crippen MR) is 116 cm³/mol. The number of H-pyrrole nitrogens is 1. The minimum Gasteiger partial charge on any atom is -0.360 e. The highest BCUT2D eigenvalue weighted by molar-refractivity contribution is 8.02. The molecule has 1 amide bonds. The molecule has 1 aromatic heterocycles. The summed E-state index contributed by atoms with van der Waals surface area (Å²) in [5, 5.41) is 1.33. The first-order valence-electron chi connectivity index (χ1n) is 9.85. The number of benzene rings is 1. The number of nitrogens with zero attached hydrogens (tertiary/aromatic N) is 1. The van der Waals surface area contributed by atoms with Crippen LogP contribution in [0.2, 0.25) is 0 Å². The van der Waals surface area contributed by atoms with Gasteiger partial charge in [0.15, 0.2) is 9.84 Å². The van der Waals surface area contributed by atoms with Crippen molar-refractivity contribution in [3.63, 3.8) is 0 Å². The number of nitrogens with one attached hydrogen (secondary N) is 1. The molecule has 1 fully saturated rings. The minimum absolute atomic E-state index is 0.0730. The number of aromatic nitrogens is 1. The number of amides is 1. The second-order valence-corrected chi connectivity index (χ2v) is 11.1. The quantitative estimate of drug-likeness (QED) is 0.809. The lowest BCUT2D eigenvalue weighted by Gasteiger charge is -2.27. The average molecular weight is 419 g/mol. The molecule has 2 aliphatic rings. The molecule has 0 aliphatic carbocycles. The second-order valence-electron chi connectivity index (χ2n) is 7.55. The topological polar surface area (TPSA) is 70.2 Å². The first kappa shape index (κ1) is 19.6. The van der Waals surface area contributed by atoms with Gasteiger partial charge in [-0.3, -0.25) is 4.79 Å². The van der Waals surface area contributed by atoms with Crippen molar-refractivity contribution in [2.24, 2.45) is 0 Å². The van der Waals surface area contributed by atoms with Gasteiger partial charge in [0.1, 0.15) is 0 Å². The summed E-state index contributed by atoms with van der Waals surface area (Å²) in [7, 11) is -2.88. The number of sulfone groups is 1. The van der Waals surface area contributed by atoms with Gasteiger partial charge in [-0.25, -0.2) is 8.42 Å². The van der Waals surface area contributed by atoms with Crippen LogP contribution in [-0.2, 0) is 21.1 Å². The molecule has 2 aromatic rings. The Morgan fingerprint density at radius 1 is 1.36 bits per heavy atom. The Bertz CT molecular complexity index is 1020. The van der Waals surface area contributed by atoms with Crippen molar-refractivity contribution in [1.29, 1.82) is 0 Å². The molecule has 0 bridgehead atoms. The second kappa shape index (κ2) is 7.95. The third-order valence-corrected chi connectivity index (χ3v) is 8.99. The fourth-order valence-electron chi connectivity index (χ4n) is 4.09. The molecule has 5 nitrogen and oxygen atoms in total. The average Bonchev–Trinajstić information content (AvgIpc) is 3.29. The maximum atomic E-state index is 12.5. The molecule has 0 saturated carbocycles. The van der Waals surface area contributed by atoms with Gasteiger partial charge in [0.2, 0.25) is 5.91 Å². The number of para-hydroxylation sites is 1. The molecule has 7 heteroatoms. The number of aryl methyl sites for hydroxylation is 1. The maximum absolute atomic E-state index is 12.5. The normalized spacial score (nSPS) is 21.8. The summed E-state index contributed by atoms with van der Waals surface area (Å²) in [6.07, 6.45) is 6.76. The lowest BCUT2D eigenvalue weighted by atomic mass is 9.97. The molecule has 1 N–H and O–H groups in total. The molecule has 0 radical (unpaired) electrons. The Hall–Kier alpha value is -1.73. The molecule has 2 aliphatic heterocycles. The van der Waals surface area contributed by atoms with E-state index in [0.717, 1.165) is 12.8 Å². The van der Waals surface area contributed by atoms with E-state index in [9.17, 15) is 13.2 Å². The van der Waals surface area contributed by atoms with Crippen LogP contribution in [0.5, 0.6) is 0 Å². The fourth-order valence-corrected chi connectivity index (χ4v) is 7.64. The van der Waals surface area contributed by atoms with E-state index in [0.29, 0.717) is 25.3 Å². The standard InChI is InChI=1S/C21H26N2O3S2/c1-2-15-4-3-5-18-19(12-22-21(15)18)16-6-9-23(10-7-16)20(24)13-27-17-8-11-28(25,26)14-17/h3-6,12,17,22H,2,7-11,13-14H2,1H3/t17-/m1/s1. The minimum atomic E-state index is -2.88. The van der Waals surface area contributed by atoms with Crippen LogP contribution in [0.4, 0.5) is 0 Å². The largest absolute Gasteiger partial charge is 0.360 e. The zero-order chi connectivity index (χ0) is 19.7. The smallest absolute Gasteiger partial charge is 0.232 e. The summed E-state index contributed by atoms with van der Waals surface area (Å²) in [6.45, 7) is 3.50. The van der Waals surface area contributed by atoms with Gasteiger partial charge in [-0.2, -0.15) is 0 Å². The first-order chi connectivity index (χ1) is 13.5. The molecule has 4 rings (SSSR count). The number of aromatic amines is 1. The van der Waals surface area contributed by atoms with Crippen LogP contribution in [0.15, 0.2) is 30.5 Å². The molecule has 3 heterocycles. The van der Waals surface area contributed by atoms with Gasteiger partial charge >= 0.3 is 0 Å². The van der Waals surface area contributed by atoms with Crippen molar-refractivity contribution in [2.45, 2.75) is 31.4 Å². The zero-order valence-electron chi connectivity index (χ0n) is 16.1. The van der Waals surface area contributed by atoms with Crippen molar-refractivity contribution in [3.8, 4) is 0 Å². The molecular weight excluding hydrogens is 392 g/mol. The molecular formula is C21H26N2O3S2. The third kappa shape index (κ3) is 4.01. The highest BCUT2D eigenvalue weighted by atomic mass is 32.2. The van der Waals surface area contributed by atoms with Crippen LogP contribution in [0.25, 0.3) is 16.5 Å². The highest BCUT2D eigenvalue weighted by Crippen LogP contribution is 2.31. The number of carbonyl (C=O) groups excluding carboxylic acids is 1. The van der Waals surface area contributed by atoms with Crippen molar-refractivity contribution >= 4 is 44.0 Å². The van der Waals surface area contributed by atoms with Crippen LogP contribution in [0.1, 0.15) is 30.9 Å². The Morgan fingerprint density at radius 3 is 2.89 bits per heavy atom. The summed E-state index contributed by atoms with van der Waals surface area (Å²) in [6, 6.07) is 6.43. The van der Waals surface area contributed by atoms with Crippen molar-refractivity contribution in [1.82, 2.24) is 9.88 Å². The molecule has 1 saturated heterocycles. The molecule has 150 valence electrons. The predicted octanol–water partition coefficient (Wildman–Crippen LogP) is 3.27. The number of hydrogen-bond acceptors (Lipinski definition) is 4. The lowest BCUT2D eigenvalue weighted by Crippen LogP contribution is -2.36. The summed E-state index contributed by atoms with van der Waals surface area (Å²) in [5.41, 5.74) is 5.06. The number of rotatable bonds is 5. The van der Waals surface area contributed by atoms with E-state index in [1.165, 1.54) is 39.4 Å². The number of fused-ring (bicyclic) bond motifs is 1. The van der Waals surface area contributed by atoms with Crippen molar-refractivity contribution in [3.05, 3.63) is 41.6 Å². The van der Waals surface area contributed by atoms with E-state index >= 15 is 0 Å². The van der Waals surface area contributed by atoms with E-state index < -0.39 is 9.84 Å². The van der Waals surface area contributed by atoms with E-state index in [2.05, 4.69) is 42.4 Å². The Balaban J connectivity index is 1.39. The molecule has 1 aromatic carbocycles. The van der Waals surface area contributed by atoms with E-state index in [-0.39, 0.29) is 22.7 Å². The fraction of sp³-hybridized carbons (Fsp3) is 0.476. The Labute approximate surface area is 170 Å². The lowest BCUT2D eigenvalue weighted by molar-refractivity contribution is -0.127. The molecule has 0 unspecified atom stereocenters. The monoisotopic (exact) mass is 418 g/mol. The summed E-state index contributed by atoms with van der Waals surface area (Å²) in [4.78, 5) is 17.8. The SMILES string of the molecule is CCc1cccc2c(C3=CCN(C(=O)CS[C@@H]4CCS(=O)(=O)C4)CC3)c[nH]c12. The maximum Gasteiger partial charge on any atom is 0.232 e. The van der Waals surface area contributed by atoms with Crippen LogP contribution < -0.4 is 0 Å². The van der Waals surface area contributed by atoms with Gasteiger partial charge in [0.05, 0.1) is 17.3 Å². The number of thioether (sulfide) groups is 1. The van der Waals surface area contributed by atoms with E-state index in [4.69, 9.17) is 0 Å². The summed E-state index contributed by atoms with van der Waals surface area (Å²) >= 11 is 1.50. The Kier molecular flexibility index (Phi) is 5.56. The van der Waals surface area contributed by atoms with E-state index in [1.54, 1.807) is 0 Å². The van der Waals surface area contributed by atoms with Gasteiger partial charge in [0, 0.05) is 41.0 Å². The van der Waals surface area contributed by atoms with Gasteiger partial charge < -0.3 is 9.88 Å².